The Morgan fingerprint density at radius 2 is 1.82 bits per heavy atom. The maximum Gasteiger partial charge on any atom is 0.259 e. The van der Waals surface area contributed by atoms with Gasteiger partial charge in [-0.2, -0.15) is 0 Å². The van der Waals surface area contributed by atoms with Crippen LogP contribution in [-0.2, 0) is 4.79 Å². The molecule has 0 aliphatic carbocycles. The Balaban J connectivity index is 2.33. The minimum Gasteiger partial charge on any atom is -0.322 e. The first kappa shape index (κ1) is 16.0. The monoisotopic (exact) mass is 317 g/mol. The summed E-state index contributed by atoms with van der Waals surface area (Å²) in [6, 6.07) is 9.17. The van der Waals surface area contributed by atoms with Gasteiger partial charge in [0.1, 0.15) is 11.7 Å². The summed E-state index contributed by atoms with van der Waals surface area (Å²) in [5, 5.41) is 5.38. The van der Waals surface area contributed by atoms with E-state index in [0.717, 1.165) is 5.56 Å². The number of nitrogens with one attached hydrogen (secondary N) is 2. The highest BCUT2D eigenvalue weighted by atomic mass is 35.5. The van der Waals surface area contributed by atoms with Crippen LogP contribution in [-0.4, -0.2) is 22.7 Å². The van der Waals surface area contributed by atoms with Gasteiger partial charge in [0.2, 0.25) is 5.91 Å². The minimum absolute atomic E-state index is 0.200. The number of halogens is 1. The van der Waals surface area contributed by atoms with Crippen molar-refractivity contribution in [1.29, 1.82) is 0 Å². The Kier molecular flexibility index (Phi) is 5.12. The molecule has 2 N–H and O–H groups in total. The summed E-state index contributed by atoms with van der Waals surface area (Å²) in [6.07, 6.45) is 1.53. The van der Waals surface area contributed by atoms with Crippen molar-refractivity contribution in [2.24, 2.45) is 0 Å². The van der Waals surface area contributed by atoms with E-state index in [4.69, 9.17) is 11.6 Å². The summed E-state index contributed by atoms with van der Waals surface area (Å²) in [5.41, 5.74) is 2.70. The van der Waals surface area contributed by atoms with Crippen LogP contribution < -0.4 is 10.6 Å². The van der Waals surface area contributed by atoms with Crippen LogP contribution in [0.15, 0.2) is 36.5 Å². The van der Waals surface area contributed by atoms with Gasteiger partial charge in [0.05, 0.1) is 5.56 Å². The summed E-state index contributed by atoms with van der Waals surface area (Å²) < 4.78 is 0. The Morgan fingerprint density at radius 3 is 2.50 bits per heavy atom. The van der Waals surface area contributed by atoms with Crippen LogP contribution in [0.5, 0.6) is 0 Å². The number of rotatable bonds is 4. The lowest BCUT2D eigenvalue weighted by Crippen LogP contribution is -2.21. The standard InChI is InChI=1S/C16H16ClN3O2/c1-10-5-3-4-6-12(10)19-16(22)14-11(2)7-8-18-15(14)20-13(21)9-17/h3-8H,9H2,1-2H3,(H,19,22)(H,18,20,21). The molecule has 114 valence electrons. The van der Waals surface area contributed by atoms with Gasteiger partial charge in [-0.15, -0.1) is 11.6 Å². The van der Waals surface area contributed by atoms with Crippen molar-refractivity contribution in [3.05, 3.63) is 53.2 Å². The molecule has 0 unspecified atom stereocenters. The number of carbonyl (C=O) groups is 2. The number of anilines is 2. The first-order chi connectivity index (χ1) is 10.5. The lowest BCUT2D eigenvalue weighted by Gasteiger charge is -2.13. The fraction of sp³-hybridized carbons (Fsp3) is 0.188. The normalized spacial score (nSPS) is 10.1. The van der Waals surface area contributed by atoms with E-state index >= 15 is 0 Å². The molecule has 2 aromatic rings. The van der Waals surface area contributed by atoms with Crippen molar-refractivity contribution in [2.75, 3.05) is 16.5 Å². The number of aryl methyl sites for hydroxylation is 2. The van der Waals surface area contributed by atoms with Crippen molar-refractivity contribution in [3.63, 3.8) is 0 Å². The molecule has 0 radical (unpaired) electrons. The number of aromatic nitrogens is 1. The molecule has 2 amide bonds. The van der Waals surface area contributed by atoms with Gasteiger partial charge in [0, 0.05) is 11.9 Å². The van der Waals surface area contributed by atoms with Gasteiger partial charge in [0.25, 0.3) is 5.91 Å². The van der Waals surface area contributed by atoms with Crippen LogP contribution in [0.4, 0.5) is 11.5 Å². The zero-order valence-electron chi connectivity index (χ0n) is 12.3. The third kappa shape index (κ3) is 3.62. The first-order valence-electron chi connectivity index (χ1n) is 6.71. The van der Waals surface area contributed by atoms with Gasteiger partial charge < -0.3 is 10.6 Å². The Morgan fingerprint density at radius 1 is 1.09 bits per heavy atom. The largest absolute Gasteiger partial charge is 0.322 e. The fourth-order valence-corrected chi connectivity index (χ4v) is 2.07. The SMILES string of the molecule is Cc1ccccc1NC(=O)c1c(C)ccnc1NC(=O)CCl. The van der Waals surface area contributed by atoms with Crippen LogP contribution in [0.3, 0.4) is 0 Å². The van der Waals surface area contributed by atoms with Crippen LogP contribution >= 0.6 is 11.6 Å². The fourth-order valence-electron chi connectivity index (χ4n) is 2.00. The molecule has 1 heterocycles. The predicted octanol–water partition coefficient (Wildman–Crippen LogP) is 3.13. The molecule has 0 saturated heterocycles. The number of benzene rings is 1. The molecular formula is C16H16ClN3O2. The zero-order chi connectivity index (χ0) is 16.1. The van der Waals surface area contributed by atoms with Crippen molar-refractivity contribution >= 4 is 34.9 Å². The quantitative estimate of drug-likeness (QED) is 0.851. The second kappa shape index (κ2) is 7.04. The Bertz CT molecular complexity index is 716. The first-order valence-corrected chi connectivity index (χ1v) is 7.24. The van der Waals surface area contributed by atoms with Crippen LogP contribution in [0.25, 0.3) is 0 Å². The average molecular weight is 318 g/mol. The smallest absolute Gasteiger partial charge is 0.259 e. The highest BCUT2D eigenvalue weighted by Gasteiger charge is 2.17. The number of pyridine rings is 1. The Hall–Kier alpha value is -2.40. The van der Waals surface area contributed by atoms with E-state index in [-0.39, 0.29) is 17.6 Å². The van der Waals surface area contributed by atoms with Crippen LogP contribution in [0, 0.1) is 13.8 Å². The molecule has 0 bridgehead atoms. The van der Waals surface area contributed by atoms with E-state index in [1.54, 1.807) is 13.0 Å². The molecule has 0 aliphatic rings. The maximum absolute atomic E-state index is 12.5. The molecule has 1 aromatic heterocycles. The molecule has 2 rings (SSSR count). The van der Waals surface area contributed by atoms with Gasteiger partial charge in [-0.05, 0) is 37.1 Å². The van der Waals surface area contributed by atoms with E-state index in [2.05, 4.69) is 15.6 Å². The molecular weight excluding hydrogens is 302 g/mol. The number of nitrogens with zero attached hydrogens (tertiary/aromatic N) is 1. The van der Waals surface area contributed by atoms with Gasteiger partial charge in [0.15, 0.2) is 0 Å². The molecule has 6 heteroatoms. The molecule has 0 spiro atoms. The summed E-state index contributed by atoms with van der Waals surface area (Å²) in [6.45, 7) is 3.69. The van der Waals surface area contributed by atoms with Gasteiger partial charge in [-0.3, -0.25) is 9.59 Å². The number of carbonyl (C=O) groups excluding carboxylic acids is 2. The number of amides is 2. The number of para-hydroxylation sites is 1. The van der Waals surface area contributed by atoms with E-state index in [1.165, 1.54) is 6.20 Å². The number of hydrogen-bond donors (Lipinski definition) is 2. The summed E-state index contributed by atoms with van der Waals surface area (Å²) in [5.74, 6) is -0.736. The van der Waals surface area contributed by atoms with Gasteiger partial charge >= 0.3 is 0 Å². The topological polar surface area (TPSA) is 71.1 Å². The number of alkyl halides is 1. The van der Waals surface area contributed by atoms with Gasteiger partial charge in [-0.25, -0.2) is 4.98 Å². The van der Waals surface area contributed by atoms with E-state index in [1.807, 2.05) is 31.2 Å². The van der Waals surface area contributed by atoms with E-state index < -0.39 is 5.91 Å². The summed E-state index contributed by atoms with van der Waals surface area (Å²) in [7, 11) is 0. The highest BCUT2D eigenvalue weighted by Crippen LogP contribution is 2.20. The van der Waals surface area contributed by atoms with Crippen LogP contribution in [0.2, 0.25) is 0 Å². The second-order valence-electron chi connectivity index (χ2n) is 4.80. The third-order valence-corrected chi connectivity index (χ3v) is 3.40. The molecule has 0 saturated carbocycles. The van der Waals surface area contributed by atoms with Crippen molar-refractivity contribution in [2.45, 2.75) is 13.8 Å². The number of hydrogen-bond acceptors (Lipinski definition) is 3. The van der Waals surface area contributed by atoms with Crippen molar-refractivity contribution in [3.8, 4) is 0 Å². The minimum atomic E-state index is -0.412. The predicted molar refractivity (Wildman–Crippen MR) is 87.5 cm³/mol. The highest BCUT2D eigenvalue weighted by molar-refractivity contribution is 6.29. The third-order valence-electron chi connectivity index (χ3n) is 3.16. The zero-order valence-corrected chi connectivity index (χ0v) is 13.1. The van der Waals surface area contributed by atoms with Crippen molar-refractivity contribution in [1.82, 2.24) is 4.98 Å². The second-order valence-corrected chi connectivity index (χ2v) is 5.07. The molecule has 1 aromatic carbocycles. The van der Waals surface area contributed by atoms with Crippen LogP contribution in [0.1, 0.15) is 21.5 Å². The molecule has 22 heavy (non-hydrogen) atoms. The van der Waals surface area contributed by atoms with E-state index in [9.17, 15) is 9.59 Å². The maximum atomic E-state index is 12.5. The lowest BCUT2D eigenvalue weighted by molar-refractivity contribution is -0.113. The van der Waals surface area contributed by atoms with Crippen molar-refractivity contribution < 1.29 is 9.59 Å². The van der Waals surface area contributed by atoms with Gasteiger partial charge in [-0.1, -0.05) is 18.2 Å². The molecule has 5 nitrogen and oxygen atoms in total. The Labute approximate surface area is 133 Å². The molecule has 0 aliphatic heterocycles. The molecule has 0 atom stereocenters. The van der Waals surface area contributed by atoms with E-state index in [0.29, 0.717) is 16.8 Å². The average Bonchev–Trinajstić information content (AvgIpc) is 2.49. The lowest BCUT2D eigenvalue weighted by atomic mass is 10.1. The summed E-state index contributed by atoms with van der Waals surface area (Å²) >= 11 is 5.48. The summed E-state index contributed by atoms with van der Waals surface area (Å²) in [4.78, 5) is 28.1. The molecule has 0 fully saturated rings.